The fourth-order valence-electron chi connectivity index (χ4n) is 1.37. The molecule has 0 aliphatic carbocycles. The summed E-state index contributed by atoms with van der Waals surface area (Å²) in [6.45, 7) is 1.11. The molecule has 2 rings (SSSR count). The predicted molar refractivity (Wildman–Crippen MR) is 74.6 cm³/mol. The van der Waals surface area contributed by atoms with Crippen LogP contribution in [0, 0.1) is 0 Å². The fourth-order valence-corrected chi connectivity index (χ4v) is 2.42. The van der Waals surface area contributed by atoms with E-state index in [4.69, 9.17) is 9.05 Å². The molecule has 7 heteroatoms. The van der Waals surface area contributed by atoms with Gasteiger partial charge in [-0.2, -0.15) is 0 Å². The standard InChI is InChI=1S/C14H13O6P/c1-12(15)17-20-21(16,18-13-8-4-2-5-9-13)19-14-10-6-3-7-11-14/h2-11H,1H3. The van der Waals surface area contributed by atoms with Crippen molar-refractivity contribution in [3.63, 3.8) is 0 Å². The summed E-state index contributed by atoms with van der Waals surface area (Å²) in [5.74, 6) is -0.267. The quantitative estimate of drug-likeness (QED) is 0.460. The van der Waals surface area contributed by atoms with Crippen molar-refractivity contribution < 1.29 is 28.0 Å². The number of hydrogen-bond acceptors (Lipinski definition) is 6. The predicted octanol–water partition coefficient (Wildman–Crippen LogP) is 3.75. The Morgan fingerprint density at radius 2 is 1.29 bits per heavy atom. The van der Waals surface area contributed by atoms with E-state index >= 15 is 0 Å². The lowest BCUT2D eigenvalue weighted by atomic mass is 10.3. The summed E-state index contributed by atoms with van der Waals surface area (Å²) in [7, 11) is -4.16. The lowest BCUT2D eigenvalue weighted by Gasteiger charge is -2.16. The molecule has 6 nitrogen and oxygen atoms in total. The molecular formula is C14H13O6P. The summed E-state index contributed by atoms with van der Waals surface area (Å²) >= 11 is 0. The molecule has 0 saturated carbocycles. The molecule has 0 radical (unpaired) electrons. The van der Waals surface area contributed by atoms with E-state index in [9.17, 15) is 9.36 Å². The summed E-state index contributed by atoms with van der Waals surface area (Å²) in [5, 5.41) is 0. The molecule has 0 fully saturated rings. The van der Waals surface area contributed by atoms with Gasteiger partial charge in [0, 0.05) is 6.92 Å². The molecule has 0 amide bonds. The van der Waals surface area contributed by atoms with Gasteiger partial charge in [-0.3, -0.25) is 4.89 Å². The molecule has 0 bridgehead atoms. The summed E-state index contributed by atoms with van der Waals surface area (Å²) in [6.07, 6.45) is 0. The van der Waals surface area contributed by atoms with E-state index in [1.807, 2.05) is 0 Å². The van der Waals surface area contributed by atoms with Gasteiger partial charge >= 0.3 is 13.8 Å². The first-order valence-corrected chi connectivity index (χ1v) is 7.50. The maximum Gasteiger partial charge on any atom is 0.625 e. The van der Waals surface area contributed by atoms with Gasteiger partial charge in [0.2, 0.25) is 0 Å². The van der Waals surface area contributed by atoms with Gasteiger partial charge in [0.15, 0.2) is 0 Å². The Morgan fingerprint density at radius 1 is 0.857 bits per heavy atom. The summed E-state index contributed by atoms with van der Waals surface area (Å²) in [6, 6.07) is 16.6. The first-order chi connectivity index (χ1) is 10.1. The van der Waals surface area contributed by atoms with Crippen LogP contribution in [0.2, 0.25) is 0 Å². The van der Waals surface area contributed by atoms with Gasteiger partial charge in [-0.1, -0.05) is 41.1 Å². The normalized spacial score (nSPS) is 10.7. The Morgan fingerprint density at radius 3 is 1.67 bits per heavy atom. The molecule has 0 unspecified atom stereocenters. The van der Waals surface area contributed by atoms with Crippen molar-refractivity contribution in [2.75, 3.05) is 0 Å². The number of benzene rings is 2. The monoisotopic (exact) mass is 308 g/mol. The van der Waals surface area contributed by atoms with Crippen LogP contribution in [0.3, 0.4) is 0 Å². The van der Waals surface area contributed by atoms with Crippen molar-refractivity contribution in [3.8, 4) is 11.5 Å². The van der Waals surface area contributed by atoms with E-state index in [0.29, 0.717) is 0 Å². The Bertz CT molecular complexity index is 583. The highest BCUT2D eigenvalue weighted by molar-refractivity contribution is 7.49. The van der Waals surface area contributed by atoms with Gasteiger partial charge in [0.1, 0.15) is 11.5 Å². The Hall–Kier alpha value is -2.30. The van der Waals surface area contributed by atoms with Gasteiger partial charge in [-0.15, -0.1) is 0 Å². The Balaban J connectivity index is 2.17. The molecule has 110 valence electrons. The van der Waals surface area contributed by atoms with Gasteiger partial charge in [-0.25, -0.2) is 9.36 Å². The lowest BCUT2D eigenvalue weighted by Crippen LogP contribution is -2.08. The van der Waals surface area contributed by atoms with Gasteiger partial charge < -0.3 is 9.05 Å². The second-order valence-corrected chi connectivity index (χ2v) is 5.31. The minimum atomic E-state index is -4.16. The summed E-state index contributed by atoms with van der Waals surface area (Å²) < 4.78 is 27.5. The molecule has 0 N–H and O–H groups in total. The molecule has 21 heavy (non-hydrogen) atoms. The highest BCUT2D eigenvalue weighted by Crippen LogP contribution is 2.49. The van der Waals surface area contributed by atoms with Crippen molar-refractivity contribution in [2.24, 2.45) is 0 Å². The van der Waals surface area contributed by atoms with Crippen molar-refractivity contribution in [3.05, 3.63) is 60.7 Å². The second kappa shape index (κ2) is 6.92. The van der Waals surface area contributed by atoms with Crippen LogP contribution in [-0.4, -0.2) is 5.97 Å². The summed E-state index contributed by atoms with van der Waals surface area (Å²) in [5.41, 5.74) is 0. The maximum absolute atomic E-state index is 12.5. The van der Waals surface area contributed by atoms with E-state index < -0.39 is 13.8 Å². The zero-order valence-corrected chi connectivity index (χ0v) is 12.1. The molecule has 0 aliphatic rings. The smallest absolute Gasteiger partial charge is 0.393 e. The molecule has 0 aromatic heterocycles. The van der Waals surface area contributed by atoms with Gasteiger partial charge in [0.05, 0.1) is 0 Å². The minimum Gasteiger partial charge on any atom is -0.393 e. The average Bonchev–Trinajstić information content (AvgIpc) is 2.47. The van der Waals surface area contributed by atoms with Crippen LogP contribution in [0.15, 0.2) is 60.7 Å². The second-order valence-electron chi connectivity index (χ2n) is 3.91. The van der Waals surface area contributed by atoms with Gasteiger partial charge in [-0.05, 0) is 24.3 Å². The van der Waals surface area contributed by atoms with Crippen LogP contribution in [0.4, 0.5) is 0 Å². The SMILES string of the molecule is CC(=O)OOP(=O)(Oc1ccccc1)Oc1ccccc1. The first kappa shape index (κ1) is 15.1. The molecule has 0 saturated heterocycles. The Kier molecular flexibility index (Phi) is 4.98. The maximum atomic E-state index is 12.5. The van der Waals surface area contributed by atoms with Crippen LogP contribution in [0.25, 0.3) is 0 Å². The topological polar surface area (TPSA) is 71.1 Å². The highest BCUT2D eigenvalue weighted by atomic mass is 31.2. The van der Waals surface area contributed by atoms with Gasteiger partial charge in [0.25, 0.3) is 0 Å². The lowest BCUT2D eigenvalue weighted by molar-refractivity contribution is -0.218. The number of para-hydroxylation sites is 2. The third-order valence-electron chi connectivity index (χ3n) is 2.17. The van der Waals surface area contributed by atoms with Crippen LogP contribution in [0.1, 0.15) is 6.92 Å². The van der Waals surface area contributed by atoms with Crippen molar-refractivity contribution in [2.45, 2.75) is 6.92 Å². The number of rotatable bonds is 6. The van der Waals surface area contributed by atoms with E-state index in [1.165, 1.54) is 0 Å². The zero-order chi connectivity index (χ0) is 15.1. The average molecular weight is 308 g/mol. The van der Waals surface area contributed by atoms with Crippen LogP contribution in [-0.2, 0) is 18.9 Å². The largest absolute Gasteiger partial charge is 0.625 e. The third-order valence-corrected chi connectivity index (χ3v) is 3.29. The van der Waals surface area contributed by atoms with Crippen molar-refractivity contribution >= 4 is 13.8 Å². The Labute approximate surface area is 121 Å². The first-order valence-electron chi connectivity index (χ1n) is 6.03. The van der Waals surface area contributed by atoms with E-state index in [-0.39, 0.29) is 11.5 Å². The number of phosphoric acid groups is 1. The van der Waals surface area contributed by atoms with E-state index in [2.05, 4.69) is 9.56 Å². The fraction of sp³-hybridized carbons (Fsp3) is 0.0714. The zero-order valence-electron chi connectivity index (χ0n) is 11.2. The van der Waals surface area contributed by atoms with Crippen molar-refractivity contribution in [1.82, 2.24) is 0 Å². The number of carbonyl (C=O) groups is 1. The molecular weight excluding hydrogens is 295 g/mol. The minimum absolute atomic E-state index is 0.254. The number of carbonyl (C=O) groups excluding carboxylic acids is 1. The van der Waals surface area contributed by atoms with E-state index in [0.717, 1.165) is 6.92 Å². The van der Waals surface area contributed by atoms with Crippen molar-refractivity contribution in [1.29, 1.82) is 0 Å². The summed E-state index contributed by atoms with van der Waals surface area (Å²) in [4.78, 5) is 15.1. The van der Waals surface area contributed by atoms with Crippen LogP contribution >= 0.6 is 7.82 Å². The van der Waals surface area contributed by atoms with Crippen LogP contribution < -0.4 is 9.05 Å². The third kappa shape index (κ3) is 4.95. The highest BCUT2D eigenvalue weighted by Gasteiger charge is 2.34. The molecule has 2 aromatic carbocycles. The number of hydrogen-bond donors (Lipinski definition) is 0. The molecule has 0 heterocycles. The molecule has 0 atom stereocenters. The number of phosphoric ester groups is 1. The van der Waals surface area contributed by atoms with E-state index in [1.54, 1.807) is 60.7 Å². The molecule has 0 spiro atoms. The molecule has 0 aliphatic heterocycles. The molecule has 2 aromatic rings. The van der Waals surface area contributed by atoms with Crippen LogP contribution in [0.5, 0.6) is 11.5 Å².